The summed E-state index contributed by atoms with van der Waals surface area (Å²) < 4.78 is 0. The Hall–Kier alpha value is -2.16. The molecule has 0 saturated heterocycles. The average molecular weight is 380 g/mol. The van der Waals surface area contributed by atoms with Crippen LogP contribution in [0.25, 0.3) is 0 Å². The zero-order valence-corrected chi connectivity index (χ0v) is 16.6. The van der Waals surface area contributed by atoms with Crippen LogP contribution in [0, 0.1) is 11.3 Å². The quantitative estimate of drug-likeness (QED) is 0.810. The zero-order valence-electron chi connectivity index (χ0n) is 15.8. The van der Waals surface area contributed by atoms with E-state index < -0.39 is 0 Å². The average Bonchev–Trinajstić information content (AvgIpc) is 2.86. The second-order valence-corrected chi connectivity index (χ2v) is 8.64. The van der Waals surface area contributed by atoms with Gasteiger partial charge >= 0.3 is 0 Å². The van der Waals surface area contributed by atoms with Crippen LogP contribution in [0.15, 0.2) is 24.3 Å². The van der Waals surface area contributed by atoms with Crippen molar-refractivity contribution in [3.63, 3.8) is 0 Å². The highest BCUT2D eigenvalue weighted by molar-refractivity contribution is 7.16. The van der Waals surface area contributed by atoms with Gasteiger partial charge in [-0.2, -0.15) is 5.26 Å². The highest BCUT2D eigenvalue weighted by atomic mass is 32.1. The summed E-state index contributed by atoms with van der Waals surface area (Å²) >= 11 is 1.61. The lowest BCUT2D eigenvalue weighted by Gasteiger charge is -2.32. The Balaban J connectivity index is 1.49. The molecule has 1 N–H and O–H groups in total. The predicted octanol–water partition coefficient (Wildman–Crippen LogP) is 4.27. The molecule has 5 heteroatoms. The van der Waals surface area contributed by atoms with E-state index in [-0.39, 0.29) is 11.9 Å². The molecule has 27 heavy (non-hydrogen) atoms. The molecule has 1 atom stereocenters. The van der Waals surface area contributed by atoms with E-state index in [9.17, 15) is 10.1 Å². The number of aryl methyl sites for hydroxylation is 1. The fourth-order valence-corrected chi connectivity index (χ4v) is 5.42. The molecule has 2 heterocycles. The molecule has 2 aromatic rings. The molecule has 0 spiro atoms. The van der Waals surface area contributed by atoms with Crippen molar-refractivity contribution in [2.45, 2.75) is 58.0 Å². The Bertz CT molecular complexity index is 895. The number of nitrogens with one attached hydrogen (secondary N) is 1. The molecule has 0 radical (unpaired) electrons. The van der Waals surface area contributed by atoms with Crippen molar-refractivity contribution in [3.8, 4) is 6.07 Å². The van der Waals surface area contributed by atoms with Gasteiger partial charge in [-0.3, -0.25) is 9.69 Å². The molecule has 4 rings (SSSR count). The molecule has 1 unspecified atom stereocenters. The van der Waals surface area contributed by atoms with Crippen molar-refractivity contribution in [2.24, 2.45) is 0 Å². The van der Waals surface area contributed by atoms with Crippen molar-refractivity contribution >= 4 is 22.2 Å². The SMILES string of the molecule is CC(C(=O)Nc1sc2c(c1C#N)CCCCC2)N1CCc2ccccc2C1. The molecular formula is C22H25N3OS. The number of thiophene rings is 1. The van der Waals surface area contributed by atoms with Gasteiger partial charge in [0.25, 0.3) is 0 Å². The lowest BCUT2D eigenvalue weighted by Crippen LogP contribution is -2.44. The number of hydrogen-bond donors (Lipinski definition) is 1. The minimum atomic E-state index is -0.216. The van der Waals surface area contributed by atoms with Crippen LogP contribution < -0.4 is 5.32 Å². The van der Waals surface area contributed by atoms with Gasteiger partial charge in [-0.05, 0) is 55.7 Å². The van der Waals surface area contributed by atoms with E-state index in [2.05, 4.69) is 40.6 Å². The zero-order chi connectivity index (χ0) is 18.8. The van der Waals surface area contributed by atoms with E-state index in [1.165, 1.54) is 34.4 Å². The molecule has 1 aromatic carbocycles. The Morgan fingerprint density at radius 1 is 1.19 bits per heavy atom. The molecule has 1 aromatic heterocycles. The van der Waals surface area contributed by atoms with Crippen molar-refractivity contribution in [3.05, 3.63) is 51.4 Å². The first-order valence-corrected chi connectivity index (χ1v) is 10.7. The summed E-state index contributed by atoms with van der Waals surface area (Å²) in [6.45, 7) is 3.66. The summed E-state index contributed by atoms with van der Waals surface area (Å²) in [6, 6.07) is 10.6. The molecule has 2 aliphatic rings. The molecule has 4 nitrogen and oxygen atoms in total. The van der Waals surface area contributed by atoms with Crippen LogP contribution in [-0.2, 0) is 30.6 Å². The third-order valence-corrected chi connectivity index (χ3v) is 7.06. The third-order valence-electron chi connectivity index (χ3n) is 5.86. The number of carbonyl (C=O) groups is 1. The molecule has 1 aliphatic heterocycles. The first kappa shape index (κ1) is 18.2. The lowest BCUT2D eigenvalue weighted by molar-refractivity contribution is -0.121. The normalized spacial score (nSPS) is 17.9. The van der Waals surface area contributed by atoms with E-state index in [0.29, 0.717) is 5.56 Å². The van der Waals surface area contributed by atoms with Gasteiger partial charge in [0.2, 0.25) is 5.91 Å². The number of hydrogen-bond acceptors (Lipinski definition) is 4. The third kappa shape index (κ3) is 3.65. The summed E-state index contributed by atoms with van der Waals surface area (Å²) in [4.78, 5) is 16.4. The van der Waals surface area contributed by atoms with E-state index >= 15 is 0 Å². The first-order chi connectivity index (χ1) is 13.2. The monoisotopic (exact) mass is 379 g/mol. The van der Waals surface area contributed by atoms with Crippen LogP contribution in [0.4, 0.5) is 5.00 Å². The predicted molar refractivity (Wildman–Crippen MR) is 109 cm³/mol. The van der Waals surface area contributed by atoms with E-state index in [1.807, 2.05) is 6.92 Å². The second-order valence-electron chi connectivity index (χ2n) is 7.53. The first-order valence-electron chi connectivity index (χ1n) is 9.83. The Labute approximate surface area is 164 Å². The molecule has 1 aliphatic carbocycles. The molecule has 0 saturated carbocycles. The van der Waals surface area contributed by atoms with Crippen LogP contribution in [0.1, 0.15) is 53.3 Å². The van der Waals surface area contributed by atoms with Crippen molar-refractivity contribution < 1.29 is 4.79 Å². The van der Waals surface area contributed by atoms with Crippen LogP contribution in [-0.4, -0.2) is 23.4 Å². The van der Waals surface area contributed by atoms with Gasteiger partial charge in [0.15, 0.2) is 0 Å². The maximum absolute atomic E-state index is 12.9. The topological polar surface area (TPSA) is 56.1 Å². The number of nitriles is 1. The number of rotatable bonds is 3. The van der Waals surface area contributed by atoms with Gasteiger partial charge in [-0.25, -0.2) is 0 Å². The van der Waals surface area contributed by atoms with Crippen LogP contribution in [0.2, 0.25) is 0 Å². The van der Waals surface area contributed by atoms with Gasteiger partial charge in [0, 0.05) is 18.0 Å². The Morgan fingerprint density at radius 3 is 2.78 bits per heavy atom. The molecule has 140 valence electrons. The fourth-order valence-electron chi connectivity index (χ4n) is 4.18. The second kappa shape index (κ2) is 7.84. The minimum absolute atomic E-state index is 0.0118. The Kier molecular flexibility index (Phi) is 5.29. The van der Waals surface area contributed by atoms with Gasteiger partial charge in [-0.1, -0.05) is 30.7 Å². The highest BCUT2D eigenvalue weighted by Crippen LogP contribution is 2.37. The van der Waals surface area contributed by atoms with E-state index in [4.69, 9.17) is 0 Å². The standard InChI is InChI=1S/C22H25N3OS/c1-15(25-12-11-16-7-5-6-8-17(16)14-25)21(26)24-22-19(13-23)18-9-3-2-4-10-20(18)27-22/h5-8,15H,2-4,9-12,14H2,1H3,(H,24,26). The largest absolute Gasteiger partial charge is 0.315 e. The minimum Gasteiger partial charge on any atom is -0.315 e. The molecular weight excluding hydrogens is 354 g/mol. The van der Waals surface area contributed by atoms with Gasteiger partial charge in [0.05, 0.1) is 11.6 Å². The smallest absolute Gasteiger partial charge is 0.242 e. The Morgan fingerprint density at radius 2 is 1.96 bits per heavy atom. The summed E-state index contributed by atoms with van der Waals surface area (Å²) in [5, 5.41) is 13.5. The highest BCUT2D eigenvalue weighted by Gasteiger charge is 2.27. The maximum Gasteiger partial charge on any atom is 0.242 e. The number of benzene rings is 1. The summed E-state index contributed by atoms with van der Waals surface area (Å²) in [7, 11) is 0. The number of amides is 1. The van der Waals surface area contributed by atoms with Crippen molar-refractivity contribution in [1.29, 1.82) is 5.26 Å². The van der Waals surface area contributed by atoms with Gasteiger partial charge in [-0.15, -0.1) is 11.3 Å². The van der Waals surface area contributed by atoms with Gasteiger partial charge < -0.3 is 5.32 Å². The number of anilines is 1. The van der Waals surface area contributed by atoms with Gasteiger partial charge in [0.1, 0.15) is 11.1 Å². The van der Waals surface area contributed by atoms with Crippen LogP contribution in [0.5, 0.6) is 0 Å². The summed E-state index contributed by atoms with van der Waals surface area (Å²) in [6.07, 6.45) is 6.50. The van der Waals surface area contributed by atoms with Crippen molar-refractivity contribution in [1.82, 2.24) is 4.90 Å². The fraction of sp³-hybridized carbons (Fsp3) is 0.455. The maximum atomic E-state index is 12.9. The molecule has 0 fully saturated rings. The lowest BCUT2D eigenvalue weighted by atomic mass is 9.99. The molecule has 0 bridgehead atoms. The van der Waals surface area contributed by atoms with Crippen molar-refractivity contribution in [2.75, 3.05) is 11.9 Å². The molecule has 1 amide bonds. The van der Waals surface area contributed by atoms with E-state index in [1.54, 1.807) is 11.3 Å². The van der Waals surface area contributed by atoms with Crippen LogP contribution >= 0.6 is 11.3 Å². The summed E-state index contributed by atoms with van der Waals surface area (Å²) in [5.41, 5.74) is 4.57. The number of fused-ring (bicyclic) bond motifs is 2. The summed E-state index contributed by atoms with van der Waals surface area (Å²) in [5.74, 6) is -0.0118. The van der Waals surface area contributed by atoms with E-state index in [0.717, 1.165) is 43.8 Å². The number of carbonyl (C=O) groups excluding carboxylic acids is 1. The van der Waals surface area contributed by atoms with Crippen LogP contribution in [0.3, 0.4) is 0 Å². The number of nitrogens with zero attached hydrogens (tertiary/aromatic N) is 2.